The minimum Gasteiger partial charge on any atom is -0.351 e. The van der Waals surface area contributed by atoms with E-state index in [-0.39, 0.29) is 23.6 Å². The zero-order valence-corrected chi connectivity index (χ0v) is 15.3. The fraction of sp³-hybridized carbons (Fsp3) is 0.211. The van der Waals surface area contributed by atoms with Gasteiger partial charge in [-0.1, -0.05) is 6.07 Å². The number of fused-ring (bicyclic) bond motifs is 1. The second-order valence-electron chi connectivity index (χ2n) is 6.81. The molecule has 1 atom stereocenters. The highest BCUT2D eigenvalue weighted by molar-refractivity contribution is 5.90. The molecule has 0 saturated carbocycles. The number of rotatable bonds is 4. The van der Waals surface area contributed by atoms with Crippen molar-refractivity contribution in [2.24, 2.45) is 0 Å². The summed E-state index contributed by atoms with van der Waals surface area (Å²) in [5.74, 6) is 0.0964. The highest BCUT2D eigenvalue weighted by Gasteiger charge is 2.27. The first-order valence-electron chi connectivity index (χ1n) is 9.18. The van der Waals surface area contributed by atoms with Crippen LogP contribution in [-0.2, 0) is 0 Å². The minimum absolute atomic E-state index is 0.0428. The highest BCUT2D eigenvalue weighted by Crippen LogP contribution is 2.22. The number of hydrogen-bond acceptors (Lipinski definition) is 6. The molecule has 5 rings (SSSR count). The predicted molar refractivity (Wildman–Crippen MR) is 102 cm³/mol. The summed E-state index contributed by atoms with van der Waals surface area (Å²) in [6.07, 6.45) is 9.36. The Labute approximate surface area is 164 Å². The first-order valence-corrected chi connectivity index (χ1v) is 9.18. The third-order valence-electron chi connectivity index (χ3n) is 4.88. The van der Waals surface area contributed by atoms with Gasteiger partial charge >= 0.3 is 0 Å². The van der Waals surface area contributed by atoms with E-state index in [0.717, 1.165) is 24.4 Å². The van der Waals surface area contributed by atoms with Crippen molar-refractivity contribution in [2.45, 2.75) is 12.5 Å². The van der Waals surface area contributed by atoms with Crippen LogP contribution in [0.1, 0.15) is 17.0 Å². The summed E-state index contributed by atoms with van der Waals surface area (Å²) < 4.78 is 16.7. The summed E-state index contributed by atoms with van der Waals surface area (Å²) in [7, 11) is 0. The smallest absolute Gasteiger partial charge is 0.291 e. The maximum absolute atomic E-state index is 13.4. The van der Waals surface area contributed by atoms with Gasteiger partial charge in [0.1, 0.15) is 12.1 Å². The maximum Gasteiger partial charge on any atom is 0.291 e. The van der Waals surface area contributed by atoms with E-state index in [1.165, 1.54) is 23.1 Å². The van der Waals surface area contributed by atoms with Crippen LogP contribution >= 0.6 is 0 Å². The summed E-state index contributed by atoms with van der Waals surface area (Å²) in [4.78, 5) is 27.5. The van der Waals surface area contributed by atoms with Crippen molar-refractivity contribution in [3.63, 3.8) is 0 Å². The van der Waals surface area contributed by atoms with Crippen LogP contribution in [0.25, 0.3) is 11.3 Å². The Morgan fingerprint density at radius 2 is 2.03 bits per heavy atom. The molecule has 1 aliphatic rings. The number of anilines is 1. The third-order valence-corrected chi connectivity index (χ3v) is 4.88. The fourth-order valence-electron chi connectivity index (χ4n) is 3.49. The summed E-state index contributed by atoms with van der Waals surface area (Å²) in [6.45, 7) is 1.38. The molecule has 146 valence electrons. The van der Waals surface area contributed by atoms with Crippen LogP contribution in [0.4, 0.5) is 10.2 Å². The molecule has 29 heavy (non-hydrogen) atoms. The zero-order chi connectivity index (χ0) is 19.8. The van der Waals surface area contributed by atoms with Gasteiger partial charge < -0.3 is 14.6 Å². The monoisotopic (exact) mass is 392 g/mol. The number of nitrogens with one attached hydrogen (secondary N) is 1. The van der Waals surface area contributed by atoms with Crippen LogP contribution in [0.2, 0.25) is 0 Å². The van der Waals surface area contributed by atoms with Crippen molar-refractivity contribution in [1.29, 1.82) is 0 Å². The number of benzene rings is 1. The molecule has 1 saturated heterocycles. The fourth-order valence-corrected chi connectivity index (χ4v) is 3.49. The van der Waals surface area contributed by atoms with Crippen molar-refractivity contribution in [1.82, 2.24) is 34.4 Å². The van der Waals surface area contributed by atoms with E-state index < -0.39 is 0 Å². The number of carbonyl (C=O) groups is 1. The van der Waals surface area contributed by atoms with Crippen molar-refractivity contribution in [3.05, 3.63) is 67.0 Å². The Bertz CT molecular complexity index is 1190. The van der Waals surface area contributed by atoms with Gasteiger partial charge in [0.25, 0.3) is 5.91 Å². The van der Waals surface area contributed by atoms with Crippen LogP contribution in [0, 0.1) is 5.82 Å². The first-order chi connectivity index (χ1) is 14.2. The number of amides is 1. The van der Waals surface area contributed by atoms with Crippen LogP contribution < -0.4 is 10.2 Å². The standard InChI is InChI=1S/C19H17FN8O/c20-13-2-1-3-15(10-13)28-12-23-16(25-28)19(29)24-14-4-7-27(11-14)18-17-21-5-8-26(17)9-6-22-18/h1-3,5-6,8-10,12,14H,4,7,11H2,(H,24,29)/t14-/m0/s1. The number of halogens is 1. The molecule has 0 bridgehead atoms. The van der Waals surface area contributed by atoms with Gasteiger partial charge in [0.2, 0.25) is 5.82 Å². The highest BCUT2D eigenvalue weighted by atomic mass is 19.1. The molecule has 4 heterocycles. The lowest BCUT2D eigenvalue weighted by Crippen LogP contribution is -2.37. The van der Waals surface area contributed by atoms with Crippen LogP contribution in [-0.4, -0.2) is 54.2 Å². The summed E-state index contributed by atoms with van der Waals surface area (Å²) in [6, 6.07) is 5.89. The van der Waals surface area contributed by atoms with Gasteiger partial charge in [0.15, 0.2) is 11.5 Å². The Morgan fingerprint density at radius 3 is 2.90 bits per heavy atom. The van der Waals surface area contributed by atoms with E-state index in [0.29, 0.717) is 12.2 Å². The van der Waals surface area contributed by atoms with E-state index in [9.17, 15) is 9.18 Å². The lowest BCUT2D eigenvalue weighted by Gasteiger charge is -2.18. The Hall–Kier alpha value is -3.82. The largest absolute Gasteiger partial charge is 0.351 e. The number of carbonyl (C=O) groups excluding carboxylic acids is 1. The Balaban J connectivity index is 1.27. The summed E-state index contributed by atoms with van der Waals surface area (Å²) in [5.41, 5.74) is 1.29. The number of imidazole rings is 1. The Kier molecular flexibility index (Phi) is 4.15. The van der Waals surface area contributed by atoms with Crippen LogP contribution in [0.15, 0.2) is 55.4 Å². The van der Waals surface area contributed by atoms with Crippen molar-refractivity contribution < 1.29 is 9.18 Å². The molecule has 10 heteroatoms. The number of hydrogen-bond donors (Lipinski definition) is 1. The quantitative estimate of drug-likeness (QED) is 0.565. The lowest BCUT2D eigenvalue weighted by molar-refractivity contribution is 0.0930. The second-order valence-corrected chi connectivity index (χ2v) is 6.81. The van der Waals surface area contributed by atoms with Crippen LogP contribution in [0.3, 0.4) is 0 Å². The molecule has 1 fully saturated rings. The van der Waals surface area contributed by atoms with Gasteiger partial charge in [0, 0.05) is 43.9 Å². The van der Waals surface area contributed by atoms with Crippen molar-refractivity contribution in [3.8, 4) is 5.69 Å². The molecule has 1 aromatic carbocycles. The lowest BCUT2D eigenvalue weighted by atomic mass is 10.2. The molecule has 0 radical (unpaired) electrons. The topological polar surface area (TPSA) is 93.2 Å². The molecular weight excluding hydrogens is 375 g/mol. The van der Waals surface area contributed by atoms with Gasteiger partial charge in [-0.05, 0) is 24.6 Å². The van der Waals surface area contributed by atoms with E-state index in [1.807, 2.05) is 16.8 Å². The molecule has 9 nitrogen and oxygen atoms in total. The average molecular weight is 392 g/mol. The van der Waals surface area contributed by atoms with E-state index in [2.05, 4.69) is 30.3 Å². The predicted octanol–water partition coefficient (Wildman–Crippen LogP) is 1.46. The average Bonchev–Trinajstić information content (AvgIpc) is 3.47. The summed E-state index contributed by atoms with van der Waals surface area (Å²) in [5, 5.41) is 7.13. The van der Waals surface area contributed by atoms with Crippen molar-refractivity contribution >= 4 is 17.4 Å². The molecule has 3 aromatic heterocycles. The first kappa shape index (κ1) is 17.3. The van der Waals surface area contributed by atoms with Gasteiger partial charge in [0.05, 0.1) is 5.69 Å². The normalized spacial score (nSPS) is 16.4. The van der Waals surface area contributed by atoms with E-state index >= 15 is 0 Å². The van der Waals surface area contributed by atoms with E-state index in [4.69, 9.17) is 0 Å². The van der Waals surface area contributed by atoms with Crippen molar-refractivity contribution in [2.75, 3.05) is 18.0 Å². The molecule has 0 unspecified atom stereocenters. The molecule has 4 aromatic rings. The molecular formula is C19H17FN8O. The SMILES string of the molecule is O=C(N[C@H]1CCN(c2nccn3ccnc23)C1)c1ncn(-c2cccc(F)c2)n1. The second kappa shape index (κ2) is 6.97. The molecule has 1 aliphatic heterocycles. The molecule has 0 spiro atoms. The van der Waals surface area contributed by atoms with Gasteiger partial charge in [-0.2, -0.15) is 0 Å². The van der Waals surface area contributed by atoms with Gasteiger partial charge in [-0.15, -0.1) is 5.10 Å². The molecule has 1 N–H and O–H groups in total. The molecule has 1 amide bonds. The summed E-state index contributed by atoms with van der Waals surface area (Å²) >= 11 is 0. The number of nitrogens with zero attached hydrogens (tertiary/aromatic N) is 7. The minimum atomic E-state index is -0.379. The number of aromatic nitrogens is 6. The Morgan fingerprint density at radius 1 is 1.17 bits per heavy atom. The maximum atomic E-state index is 13.4. The van der Waals surface area contributed by atoms with Crippen LogP contribution in [0.5, 0.6) is 0 Å². The third kappa shape index (κ3) is 3.28. The van der Waals surface area contributed by atoms with E-state index in [1.54, 1.807) is 24.5 Å². The van der Waals surface area contributed by atoms with Gasteiger partial charge in [-0.3, -0.25) is 4.79 Å². The molecule has 0 aliphatic carbocycles. The zero-order valence-electron chi connectivity index (χ0n) is 15.3. The van der Waals surface area contributed by atoms with Gasteiger partial charge in [-0.25, -0.2) is 24.0 Å².